The Labute approximate surface area is 169 Å². The average molecular weight is 414 g/mol. The van der Waals surface area contributed by atoms with E-state index in [1.807, 2.05) is 23.1 Å². The zero-order valence-electron chi connectivity index (χ0n) is 15.8. The highest BCUT2D eigenvalue weighted by Gasteiger charge is 2.26. The second-order valence-electron chi connectivity index (χ2n) is 7.22. The molecular formula is C20H22N4O4S. The van der Waals surface area contributed by atoms with Crippen molar-refractivity contribution < 1.29 is 18.0 Å². The number of carbonyl (C=O) groups excluding carboxylic acids is 2. The van der Waals surface area contributed by atoms with E-state index >= 15 is 0 Å². The number of carbonyl (C=O) groups is 2. The van der Waals surface area contributed by atoms with Gasteiger partial charge in [-0.05, 0) is 48.7 Å². The lowest BCUT2D eigenvalue weighted by atomic mass is 10.2. The van der Waals surface area contributed by atoms with E-state index in [4.69, 9.17) is 5.14 Å². The number of primary sulfonamides is 1. The van der Waals surface area contributed by atoms with Crippen molar-refractivity contribution in [1.82, 2.24) is 0 Å². The van der Waals surface area contributed by atoms with E-state index in [0.717, 1.165) is 17.7 Å². The van der Waals surface area contributed by atoms with Crippen LogP contribution in [0.15, 0.2) is 47.4 Å². The number of nitrogens with two attached hydrogens (primary N) is 1. The zero-order valence-corrected chi connectivity index (χ0v) is 16.6. The van der Waals surface area contributed by atoms with Crippen molar-refractivity contribution in [2.45, 2.75) is 24.2 Å². The van der Waals surface area contributed by atoms with Crippen LogP contribution < -0.4 is 20.3 Å². The van der Waals surface area contributed by atoms with Crippen LogP contribution in [0.3, 0.4) is 0 Å². The molecule has 2 amide bonds. The Morgan fingerprint density at radius 1 is 1.07 bits per heavy atom. The number of fused-ring (bicyclic) bond motifs is 1. The lowest BCUT2D eigenvalue weighted by Gasteiger charge is -2.22. The van der Waals surface area contributed by atoms with Gasteiger partial charge < -0.3 is 15.1 Å². The van der Waals surface area contributed by atoms with Crippen LogP contribution in [0.25, 0.3) is 0 Å². The third kappa shape index (κ3) is 3.96. The largest absolute Gasteiger partial charge is 0.362 e. The van der Waals surface area contributed by atoms with Crippen LogP contribution >= 0.6 is 0 Å². The first-order chi connectivity index (χ1) is 13.8. The van der Waals surface area contributed by atoms with Gasteiger partial charge in [-0.3, -0.25) is 9.59 Å². The number of amides is 2. The van der Waals surface area contributed by atoms with Gasteiger partial charge in [-0.2, -0.15) is 0 Å². The lowest BCUT2D eigenvalue weighted by molar-refractivity contribution is -0.117. The summed E-state index contributed by atoms with van der Waals surface area (Å²) in [7, 11) is -3.75. The number of rotatable bonds is 5. The third-order valence-corrected chi connectivity index (χ3v) is 6.16. The van der Waals surface area contributed by atoms with Gasteiger partial charge in [-0.25, -0.2) is 13.6 Å². The molecule has 0 atom stereocenters. The molecule has 0 radical (unpaired) electrons. The summed E-state index contributed by atoms with van der Waals surface area (Å²) in [5.41, 5.74) is 3.00. The Morgan fingerprint density at radius 2 is 1.86 bits per heavy atom. The van der Waals surface area contributed by atoms with E-state index in [-0.39, 0.29) is 23.3 Å². The van der Waals surface area contributed by atoms with Gasteiger partial charge in [-0.15, -0.1) is 0 Å². The molecule has 2 aromatic rings. The molecule has 4 rings (SSSR count). The standard InChI is InChI=1S/C20H22N4O4S/c21-29(27,28)15-7-8-17-14(12-15)9-11-23(17)13-19(25)22-16-4-1-2-5-18(16)24-10-3-6-20(24)26/h1-2,4-5,7-8,12H,3,6,9-11,13H2,(H,22,25)(H2,21,27,28). The van der Waals surface area contributed by atoms with Crippen molar-refractivity contribution in [3.05, 3.63) is 48.0 Å². The van der Waals surface area contributed by atoms with E-state index in [1.54, 1.807) is 23.1 Å². The fraction of sp³-hybridized carbons (Fsp3) is 0.300. The maximum atomic E-state index is 12.7. The van der Waals surface area contributed by atoms with Crippen LogP contribution in [-0.4, -0.2) is 39.9 Å². The topological polar surface area (TPSA) is 113 Å². The smallest absolute Gasteiger partial charge is 0.243 e. The predicted octanol–water partition coefficient (Wildman–Crippen LogP) is 1.46. The number of nitrogens with zero attached hydrogens (tertiary/aromatic N) is 2. The summed E-state index contributed by atoms with van der Waals surface area (Å²) < 4.78 is 23.1. The number of para-hydroxylation sites is 2. The minimum Gasteiger partial charge on any atom is -0.362 e. The molecule has 0 spiro atoms. The summed E-state index contributed by atoms with van der Waals surface area (Å²) >= 11 is 0. The van der Waals surface area contributed by atoms with Crippen molar-refractivity contribution in [3.8, 4) is 0 Å². The fourth-order valence-corrected chi connectivity index (χ4v) is 4.43. The highest BCUT2D eigenvalue weighted by atomic mass is 32.2. The van der Waals surface area contributed by atoms with Gasteiger partial charge in [0.15, 0.2) is 0 Å². The summed E-state index contributed by atoms with van der Waals surface area (Å²) in [4.78, 5) is 28.4. The Kier molecular flexibility index (Phi) is 5.01. The molecule has 0 bridgehead atoms. The van der Waals surface area contributed by atoms with Crippen molar-refractivity contribution >= 4 is 38.9 Å². The van der Waals surface area contributed by atoms with Crippen molar-refractivity contribution in [2.75, 3.05) is 34.8 Å². The second kappa shape index (κ2) is 7.49. The van der Waals surface area contributed by atoms with Crippen LogP contribution in [0.4, 0.5) is 17.1 Å². The number of benzene rings is 2. The van der Waals surface area contributed by atoms with Gasteiger partial charge in [-0.1, -0.05) is 12.1 Å². The van der Waals surface area contributed by atoms with Crippen LogP contribution in [0.1, 0.15) is 18.4 Å². The summed E-state index contributed by atoms with van der Waals surface area (Å²) in [6.45, 7) is 1.39. The number of hydrogen-bond donors (Lipinski definition) is 2. The molecule has 8 nitrogen and oxygen atoms in total. The first-order valence-electron chi connectivity index (χ1n) is 9.43. The van der Waals surface area contributed by atoms with E-state index in [9.17, 15) is 18.0 Å². The van der Waals surface area contributed by atoms with E-state index < -0.39 is 10.0 Å². The molecule has 2 aliphatic rings. The molecule has 9 heteroatoms. The molecule has 0 unspecified atom stereocenters. The van der Waals surface area contributed by atoms with E-state index in [2.05, 4.69) is 5.32 Å². The Hall–Kier alpha value is -2.91. The van der Waals surface area contributed by atoms with Gasteiger partial charge in [0.05, 0.1) is 22.8 Å². The molecule has 2 aromatic carbocycles. The number of anilines is 3. The quantitative estimate of drug-likeness (QED) is 0.769. The highest BCUT2D eigenvalue weighted by molar-refractivity contribution is 7.89. The minimum absolute atomic E-state index is 0.0610. The van der Waals surface area contributed by atoms with E-state index in [0.29, 0.717) is 37.3 Å². The summed E-state index contributed by atoms with van der Waals surface area (Å²) in [6, 6.07) is 12.0. The van der Waals surface area contributed by atoms with Crippen LogP contribution in [0, 0.1) is 0 Å². The van der Waals surface area contributed by atoms with E-state index in [1.165, 1.54) is 6.07 Å². The Bertz CT molecular complexity index is 1080. The minimum atomic E-state index is -3.75. The molecule has 1 saturated heterocycles. The molecule has 29 heavy (non-hydrogen) atoms. The van der Waals surface area contributed by atoms with Gasteiger partial charge >= 0.3 is 0 Å². The molecule has 3 N–H and O–H groups in total. The normalized spacial score (nSPS) is 16.2. The SMILES string of the molecule is NS(=O)(=O)c1ccc2c(c1)CCN2CC(=O)Nc1ccccc1N1CCCC1=O. The first-order valence-corrected chi connectivity index (χ1v) is 11.0. The van der Waals surface area contributed by atoms with Gasteiger partial charge in [0.1, 0.15) is 0 Å². The fourth-order valence-electron chi connectivity index (χ4n) is 3.87. The number of nitrogens with one attached hydrogen (secondary N) is 1. The maximum Gasteiger partial charge on any atom is 0.243 e. The molecule has 2 heterocycles. The van der Waals surface area contributed by atoms with Crippen LogP contribution in [0.5, 0.6) is 0 Å². The van der Waals surface area contributed by atoms with Crippen LogP contribution in [-0.2, 0) is 26.0 Å². The molecule has 2 aliphatic heterocycles. The summed E-state index contributed by atoms with van der Waals surface area (Å²) in [6.07, 6.45) is 1.98. The predicted molar refractivity (Wildman–Crippen MR) is 110 cm³/mol. The highest BCUT2D eigenvalue weighted by Crippen LogP contribution is 2.31. The molecule has 0 aliphatic carbocycles. The monoisotopic (exact) mass is 414 g/mol. The zero-order chi connectivity index (χ0) is 20.6. The third-order valence-electron chi connectivity index (χ3n) is 5.25. The van der Waals surface area contributed by atoms with Crippen molar-refractivity contribution in [2.24, 2.45) is 5.14 Å². The van der Waals surface area contributed by atoms with Crippen LogP contribution in [0.2, 0.25) is 0 Å². The van der Waals surface area contributed by atoms with Crippen molar-refractivity contribution in [1.29, 1.82) is 0 Å². The first kappa shape index (κ1) is 19.4. The Morgan fingerprint density at radius 3 is 2.59 bits per heavy atom. The molecule has 152 valence electrons. The summed E-state index contributed by atoms with van der Waals surface area (Å²) in [5, 5.41) is 8.11. The lowest BCUT2D eigenvalue weighted by Crippen LogP contribution is -2.32. The molecule has 0 saturated carbocycles. The Balaban J connectivity index is 1.48. The van der Waals surface area contributed by atoms with Crippen molar-refractivity contribution in [3.63, 3.8) is 0 Å². The summed E-state index contributed by atoms with van der Waals surface area (Å²) in [5.74, 6) is -0.140. The maximum absolute atomic E-state index is 12.7. The van der Waals surface area contributed by atoms with Gasteiger partial charge in [0.2, 0.25) is 21.8 Å². The number of hydrogen-bond acceptors (Lipinski definition) is 5. The molecular weight excluding hydrogens is 392 g/mol. The average Bonchev–Trinajstić information content (AvgIpc) is 3.27. The van der Waals surface area contributed by atoms with Gasteiger partial charge in [0, 0.05) is 25.2 Å². The number of sulfonamides is 1. The molecule has 0 aromatic heterocycles. The van der Waals surface area contributed by atoms with Gasteiger partial charge in [0.25, 0.3) is 0 Å². The second-order valence-corrected chi connectivity index (χ2v) is 8.78. The molecule has 1 fully saturated rings.